The molecule has 2 nitrogen and oxygen atoms in total. The van der Waals surface area contributed by atoms with Gasteiger partial charge in [0.05, 0.1) is 12.3 Å². The molecule has 0 fully saturated rings. The Morgan fingerprint density at radius 3 is 2.35 bits per heavy atom. The van der Waals surface area contributed by atoms with Crippen molar-refractivity contribution in [1.29, 1.82) is 0 Å². The van der Waals surface area contributed by atoms with Crippen molar-refractivity contribution in [3.63, 3.8) is 0 Å². The van der Waals surface area contributed by atoms with Crippen LogP contribution in [-0.4, -0.2) is 12.8 Å². The molecule has 2 rings (SSSR count). The Morgan fingerprint density at radius 2 is 1.70 bits per heavy atom. The largest absolute Gasteiger partial charge is 0.494 e. The van der Waals surface area contributed by atoms with Gasteiger partial charge in [-0.15, -0.1) is 0 Å². The number of unbranched alkanes of at least 4 members (excludes halogenated alkanes) is 1. The van der Waals surface area contributed by atoms with Crippen LogP contribution in [0.3, 0.4) is 0 Å². The first-order valence-corrected chi connectivity index (χ1v) is 7.11. The van der Waals surface area contributed by atoms with Crippen LogP contribution in [0.1, 0.15) is 30.9 Å². The molecule has 0 spiro atoms. The molecule has 0 aliphatic heterocycles. The van der Waals surface area contributed by atoms with E-state index < -0.39 is 0 Å². The van der Waals surface area contributed by atoms with Crippen molar-refractivity contribution in [2.75, 3.05) is 6.61 Å². The summed E-state index contributed by atoms with van der Waals surface area (Å²) < 4.78 is 5.63. The van der Waals surface area contributed by atoms with E-state index in [-0.39, 0.29) is 0 Å². The molecule has 0 atom stereocenters. The van der Waals surface area contributed by atoms with Crippen molar-refractivity contribution < 1.29 is 4.74 Å². The smallest absolute Gasteiger partial charge is 0.119 e. The van der Waals surface area contributed by atoms with E-state index in [1.165, 1.54) is 5.56 Å². The highest BCUT2D eigenvalue weighted by Gasteiger charge is 1.94. The lowest BCUT2D eigenvalue weighted by atomic mass is 10.2. The number of rotatable bonds is 6. The molecular formula is C18H21NO. The van der Waals surface area contributed by atoms with Gasteiger partial charge < -0.3 is 4.74 Å². The molecule has 0 aliphatic rings. The minimum Gasteiger partial charge on any atom is -0.494 e. The number of ether oxygens (including phenoxy) is 1. The van der Waals surface area contributed by atoms with Gasteiger partial charge in [-0.25, -0.2) is 0 Å². The van der Waals surface area contributed by atoms with Crippen molar-refractivity contribution >= 4 is 11.9 Å². The Balaban J connectivity index is 1.94. The van der Waals surface area contributed by atoms with Gasteiger partial charge in [-0.1, -0.05) is 31.0 Å². The van der Waals surface area contributed by atoms with E-state index in [0.29, 0.717) is 0 Å². The molecule has 0 aromatic heterocycles. The average molecular weight is 267 g/mol. The maximum atomic E-state index is 5.63. The molecule has 20 heavy (non-hydrogen) atoms. The van der Waals surface area contributed by atoms with Gasteiger partial charge in [-0.3, -0.25) is 4.99 Å². The Bertz CT molecular complexity index is 541. The van der Waals surface area contributed by atoms with Crippen LogP contribution in [0.25, 0.3) is 0 Å². The van der Waals surface area contributed by atoms with Crippen molar-refractivity contribution in [2.45, 2.75) is 26.7 Å². The zero-order chi connectivity index (χ0) is 14.2. The Morgan fingerprint density at radius 1 is 1.00 bits per heavy atom. The molecule has 0 heterocycles. The van der Waals surface area contributed by atoms with Crippen LogP contribution in [0.2, 0.25) is 0 Å². The van der Waals surface area contributed by atoms with E-state index in [9.17, 15) is 0 Å². The predicted molar refractivity (Wildman–Crippen MR) is 85.3 cm³/mol. The molecular weight excluding hydrogens is 246 g/mol. The Labute approximate surface area is 121 Å². The van der Waals surface area contributed by atoms with Gasteiger partial charge in [-0.2, -0.15) is 0 Å². The fraction of sp³-hybridized carbons (Fsp3) is 0.278. The summed E-state index contributed by atoms with van der Waals surface area (Å²) in [6.45, 7) is 5.02. The fourth-order valence-electron chi connectivity index (χ4n) is 1.76. The number of nitrogens with zero attached hydrogens (tertiary/aromatic N) is 1. The highest BCUT2D eigenvalue weighted by Crippen LogP contribution is 2.14. The molecule has 0 saturated carbocycles. The second-order valence-corrected chi connectivity index (χ2v) is 4.86. The first-order valence-electron chi connectivity index (χ1n) is 7.11. The highest BCUT2D eigenvalue weighted by atomic mass is 16.5. The van der Waals surface area contributed by atoms with Crippen LogP contribution in [0, 0.1) is 6.92 Å². The topological polar surface area (TPSA) is 21.6 Å². The molecule has 2 aromatic rings. The minimum atomic E-state index is 0.785. The third-order valence-corrected chi connectivity index (χ3v) is 3.04. The lowest BCUT2D eigenvalue weighted by Gasteiger charge is -2.04. The standard InChI is InChI=1S/C18H21NO/c1-3-4-13-20-18-11-7-16(8-12-18)14-19-17-9-5-15(2)6-10-17/h5-12,14H,3-4,13H2,1-2H3. The summed E-state index contributed by atoms with van der Waals surface area (Å²) in [6.07, 6.45) is 4.12. The number of benzene rings is 2. The fourth-order valence-corrected chi connectivity index (χ4v) is 1.76. The van der Waals surface area contributed by atoms with Gasteiger partial charge in [0.25, 0.3) is 0 Å². The average Bonchev–Trinajstić information content (AvgIpc) is 2.48. The summed E-state index contributed by atoms with van der Waals surface area (Å²) in [5, 5.41) is 0. The van der Waals surface area contributed by atoms with E-state index in [4.69, 9.17) is 4.74 Å². The second kappa shape index (κ2) is 7.49. The van der Waals surface area contributed by atoms with E-state index in [1.807, 2.05) is 42.6 Å². The highest BCUT2D eigenvalue weighted by molar-refractivity contribution is 5.82. The Hall–Kier alpha value is -2.09. The summed E-state index contributed by atoms with van der Waals surface area (Å²) in [7, 11) is 0. The number of hydrogen-bond acceptors (Lipinski definition) is 2. The molecule has 0 radical (unpaired) electrons. The molecule has 0 aliphatic carbocycles. The van der Waals surface area contributed by atoms with Crippen LogP contribution in [0.4, 0.5) is 5.69 Å². The monoisotopic (exact) mass is 267 g/mol. The quantitative estimate of drug-likeness (QED) is 0.537. The molecule has 0 amide bonds. The predicted octanol–water partition coefficient (Wildman–Crippen LogP) is 4.92. The third-order valence-electron chi connectivity index (χ3n) is 3.04. The van der Waals surface area contributed by atoms with Gasteiger partial charge in [0.1, 0.15) is 5.75 Å². The second-order valence-electron chi connectivity index (χ2n) is 4.86. The van der Waals surface area contributed by atoms with Crippen LogP contribution < -0.4 is 4.74 Å². The van der Waals surface area contributed by atoms with Gasteiger partial charge >= 0.3 is 0 Å². The van der Waals surface area contributed by atoms with Crippen molar-refractivity contribution in [2.24, 2.45) is 4.99 Å². The van der Waals surface area contributed by atoms with Crippen molar-refractivity contribution in [3.05, 3.63) is 59.7 Å². The van der Waals surface area contributed by atoms with Crippen LogP contribution in [0.5, 0.6) is 5.75 Å². The van der Waals surface area contributed by atoms with Gasteiger partial charge in [0, 0.05) is 6.21 Å². The van der Waals surface area contributed by atoms with Crippen molar-refractivity contribution in [1.82, 2.24) is 0 Å². The normalized spacial score (nSPS) is 10.9. The van der Waals surface area contributed by atoms with Crippen LogP contribution >= 0.6 is 0 Å². The summed E-state index contributed by atoms with van der Waals surface area (Å²) in [5.41, 5.74) is 3.30. The lowest BCUT2D eigenvalue weighted by molar-refractivity contribution is 0.309. The van der Waals surface area contributed by atoms with Crippen LogP contribution in [0.15, 0.2) is 53.5 Å². The maximum Gasteiger partial charge on any atom is 0.119 e. The van der Waals surface area contributed by atoms with E-state index in [0.717, 1.165) is 36.4 Å². The molecule has 104 valence electrons. The maximum absolute atomic E-state index is 5.63. The van der Waals surface area contributed by atoms with E-state index >= 15 is 0 Å². The number of aliphatic imine (C=N–C) groups is 1. The SMILES string of the molecule is CCCCOc1ccc(C=Nc2ccc(C)cc2)cc1. The molecule has 0 unspecified atom stereocenters. The molecule has 2 aromatic carbocycles. The first kappa shape index (κ1) is 14.3. The zero-order valence-corrected chi connectivity index (χ0v) is 12.2. The Kier molecular flexibility index (Phi) is 5.36. The third kappa shape index (κ3) is 4.54. The van der Waals surface area contributed by atoms with Gasteiger partial charge in [0.15, 0.2) is 0 Å². The minimum absolute atomic E-state index is 0.785. The number of aryl methyl sites for hydroxylation is 1. The molecule has 0 bridgehead atoms. The summed E-state index contributed by atoms with van der Waals surface area (Å²) in [6, 6.07) is 16.2. The molecule has 2 heteroatoms. The van der Waals surface area contributed by atoms with Crippen LogP contribution in [-0.2, 0) is 0 Å². The summed E-state index contributed by atoms with van der Waals surface area (Å²) in [5.74, 6) is 0.922. The molecule has 0 N–H and O–H groups in total. The molecule has 0 saturated heterocycles. The number of hydrogen-bond donors (Lipinski definition) is 0. The van der Waals surface area contributed by atoms with Gasteiger partial charge in [-0.05, 0) is 55.3 Å². The lowest BCUT2D eigenvalue weighted by Crippen LogP contribution is -1.96. The van der Waals surface area contributed by atoms with E-state index in [1.54, 1.807) is 0 Å². The zero-order valence-electron chi connectivity index (χ0n) is 12.2. The van der Waals surface area contributed by atoms with Crippen molar-refractivity contribution in [3.8, 4) is 5.75 Å². The summed E-state index contributed by atoms with van der Waals surface area (Å²) >= 11 is 0. The van der Waals surface area contributed by atoms with Gasteiger partial charge in [0.2, 0.25) is 0 Å². The van der Waals surface area contributed by atoms with E-state index in [2.05, 4.69) is 31.0 Å². The first-order chi connectivity index (χ1) is 9.78. The summed E-state index contributed by atoms with van der Waals surface area (Å²) in [4.78, 5) is 4.46.